The van der Waals surface area contributed by atoms with Crippen LogP contribution < -0.4 is 4.90 Å². The molecule has 1 aliphatic rings. The molecule has 0 bridgehead atoms. The van der Waals surface area contributed by atoms with Gasteiger partial charge in [0.05, 0.1) is 17.6 Å². The third-order valence-corrected chi connectivity index (χ3v) is 3.33. The third-order valence-electron chi connectivity index (χ3n) is 3.33. The molecule has 0 aliphatic carbocycles. The second kappa shape index (κ2) is 4.78. The van der Waals surface area contributed by atoms with Gasteiger partial charge in [-0.15, -0.1) is 0 Å². The Labute approximate surface area is 96.3 Å². The van der Waals surface area contributed by atoms with Crippen molar-refractivity contribution in [2.24, 2.45) is 5.92 Å². The Morgan fingerprint density at radius 3 is 2.94 bits per heavy atom. The summed E-state index contributed by atoms with van der Waals surface area (Å²) in [5, 5.41) is 8.92. The van der Waals surface area contributed by atoms with Crippen LogP contribution >= 0.6 is 0 Å². The van der Waals surface area contributed by atoms with Gasteiger partial charge in [-0.05, 0) is 32.6 Å². The van der Waals surface area contributed by atoms with Crippen molar-refractivity contribution in [3.63, 3.8) is 0 Å². The summed E-state index contributed by atoms with van der Waals surface area (Å²) in [6.45, 7) is 6.29. The van der Waals surface area contributed by atoms with E-state index in [-0.39, 0.29) is 6.61 Å². The van der Waals surface area contributed by atoms with Gasteiger partial charge in [0.25, 0.3) is 0 Å². The summed E-state index contributed by atoms with van der Waals surface area (Å²) in [6, 6.07) is 0. The largest absolute Gasteiger partial charge is 0.396 e. The van der Waals surface area contributed by atoms with Crippen LogP contribution in [0.3, 0.4) is 0 Å². The molecule has 1 saturated heterocycles. The second-order valence-electron chi connectivity index (χ2n) is 4.51. The molecule has 4 heteroatoms. The van der Waals surface area contributed by atoms with Crippen molar-refractivity contribution >= 4 is 5.82 Å². The average molecular weight is 221 g/mol. The molecule has 0 amide bonds. The number of rotatable bonds is 3. The van der Waals surface area contributed by atoms with Crippen LogP contribution in [-0.4, -0.2) is 34.8 Å². The van der Waals surface area contributed by atoms with Crippen molar-refractivity contribution in [1.82, 2.24) is 9.97 Å². The Morgan fingerprint density at radius 2 is 2.25 bits per heavy atom. The summed E-state index contributed by atoms with van der Waals surface area (Å²) in [7, 11) is 0. The number of aryl methyl sites for hydroxylation is 2. The maximum absolute atomic E-state index is 8.92. The molecule has 2 rings (SSSR count). The number of anilines is 1. The SMILES string of the molecule is Cc1ncc(N2CCC(CCO)C2)nc1C. The van der Waals surface area contributed by atoms with Crippen molar-refractivity contribution in [1.29, 1.82) is 0 Å². The molecule has 16 heavy (non-hydrogen) atoms. The van der Waals surface area contributed by atoms with Crippen molar-refractivity contribution in [2.45, 2.75) is 26.7 Å². The van der Waals surface area contributed by atoms with Crippen LogP contribution in [0, 0.1) is 19.8 Å². The first-order valence-electron chi connectivity index (χ1n) is 5.86. The molecule has 88 valence electrons. The highest BCUT2D eigenvalue weighted by Crippen LogP contribution is 2.23. The highest BCUT2D eigenvalue weighted by atomic mass is 16.3. The van der Waals surface area contributed by atoms with E-state index in [9.17, 15) is 0 Å². The predicted octanol–water partition coefficient (Wildman–Crippen LogP) is 1.30. The fourth-order valence-corrected chi connectivity index (χ4v) is 2.14. The maximum atomic E-state index is 8.92. The van der Waals surface area contributed by atoms with Gasteiger partial charge in [0, 0.05) is 19.7 Å². The highest BCUT2D eigenvalue weighted by Gasteiger charge is 2.23. The van der Waals surface area contributed by atoms with Crippen molar-refractivity contribution in [3.05, 3.63) is 17.6 Å². The van der Waals surface area contributed by atoms with E-state index in [0.29, 0.717) is 5.92 Å². The van der Waals surface area contributed by atoms with Gasteiger partial charge in [-0.25, -0.2) is 4.98 Å². The van der Waals surface area contributed by atoms with Crippen molar-refractivity contribution < 1.29 is 5.11 Å². The van der Waals surface area contributed by atoms with Crippen LogP contribution in [0.1, 0.15) is 24.2 Å². The van der Waals surface area contributed by atoms with E-state index in [1.54, 1.807) is 0 Å². The Bertz CT molecular complexity index is 367. The monoisotopic (exact) mass is 221 g/mol. The molecular weight excluding hydrogens is 202 g/mol. The Kier molecular flexibility index (Phi) is 3.39. The summed E-state index contributed by atoms with van der Waals surface area (Å²) in [6.07, 6.45) is 3.90. The van der Waals surface area contributed by atoms with Crippen LogP contribution in [0.4, 0.5) is 5.82 Å². The molecule has 1 aromatic heterocycles. The van der Waals surface area contributed by atoms with Gasteiger partial charge >= 0.3 is 0 Å². The van der Waals surface area contributed by atoms with Gasteiger partial charge < -0.3 is 10.0 Å². The molecule has 1 aromatic rings. The lowest BCUT2D eigenvalue weighted by atomic mass is 10.1. The number of hydrogen-bond acceptors (Lipinski definition) is 4. The zero-order valence-corrected chi connectivity index (χ0v) is 9.98. The number of aliphatic hydroxyl groups is 1. The van der Waals surface area contributed by atoms with Gasteiger partial charge in [-0.1, -0.05) is 0 Å². The molecule has 2 heterocycles. The summed E-state index contributed by atoms with van der Waals surface area (Å²) in [5.74, 6) is 1.58. The zero-order valence-electron chi connectivity index (χ0n) is 9.98. The zero-order chi connectivity index (χ0) is 11.5. The first kappa shape index (κ1) is 11.3. The molecule has 4 nitrogen and oxygen atoms in total. The van der Waals surface area contributed by atoms with E-state index < -0.39 is 0 Å². The van der Waals surface area contributed by atoms with E-state index in [4.69, 9.17) is 5.11 Å². The smallest absolute Gasteiger partial charge is 0.147 e. The minimum atomic E-state index is 0.289. The van der Waals surface area contributed by atoms with E-state index >= 15 is 0 Å². The summed E-state index contributed by atoms with van der Waals surface area (Å²) in [4.78, 5) is 11.2. The highest BCUT2D eigenvalue weighted by molar-refractivity contribution is 5.38. The molecule has 1 atom stereocenters. The van der Waals surface area contributed by atoms with Crippen LogP contribution in [0.25, 0.3) is 0 Å². The van der Waals surface area contributed by atoms with E-state index in [1.807, 2.05) is 20.0 Å². The fourth-order valence-electron chi connectivity index (χ4n) is 2.14. The summed E-state index contributed by atoms with van der Waals surface area (Å²) < 4.78 is 0. The molecule has 0 radical (unpaired) electrons. The second-order valence-corrected chi connectivity index (χ2v) is 4.51. The molecule has 0 saturated carbocycles. The van der Waals surface area contributed by atoms with Crippen molar-refractivity contribution in [3.8, 4) is 0 Å². The Balaban J connectivity index is 2.05. The van der Waals surface area contributed by atoms with Gasteiger partial charge in [0.1, 0.15) is 5.82 Å². The quantitative estimate of drug-likeness (QED) is 0.836. The standard InChI is InChI=1S/C12H19N3O/c1-9-10(2)14-12(7-13-9)15-5-3-11(8-15)4-6-16/h7,11,16H,3-6,8H2,1-2H3. The lowest BCUT2D eigenvalue weighted by molar-refractivity contribution is 0.263. The molecule has 0 spiro atoms. The Morgan fingerprint density at radius 1 is 1.44 bits per heavy atom. The summed E-state index contributed by atoms with van der Waals surface area (Å²) >= 11 is 0. The fraction of sp³-hybridized carbons (Fsp3) is 0.667. The molecule has 1 fully saturated rings. The predicted molar refractivity (Wildman–Crippen MR) is 63.5 cm³/mol. The van der Waals surface area contributed by atoms with E-state index in [1.165, 1.54) is 0 Å². The number of aromatic nitrogens is 2. The number of nitrogens with zero attached hydrogens (tertiary/aromatic N) is 3. The molecular formula is C12H19N3O. The first-order chi connectivity index (χ1) is 7.70. The van der Waals surface area contributed by atoms with Crippen LogP contribution in [0.5, 0.6) is 0 Å². The molecule has 0 aromatic carbocycles. The van der Waals surface area contributed by atoms with Gasteiger partial charge in [-0.3, -0.25) is 4.98 Å². The first-order valence-corrected chi connectivity index (χ1v) is 5.86. The lowest BCUT2D eigenvalue weighted by Crippen LogP contribution is -2.21. The maximum Gasteiger partial charge on any atom is 0.147 e. The van der Waals surface area contributed by atoms with Gasteiger partial charge in [-0.2, -0.15) is 0 Å². The minimum absolute atomic E-state index is 0.289. The van der Waals surface area contributed by atoms with Crippen molar-refractivity contribution in [2.75, 3.05) is 24.6 Å². The van der Waals surface area contributed by atoms with E-state index in [2.05, 4.69) is 14.9 Å². The minimum Gasteiger partial charge on any atom is -0.396 e. The third kappa shape index (κ3) is 2.32. The number of aliphatic hydroxyl groups excluding tert-OH is 1. The average Bonchev–Trinajstić information content (AvgIpc) is 2.71. The Hall–Kier alpha value is -1.16. The normalized spacial score (nSPS) is 20.4. The van der Waals surface area contributed by atoms with Gasteiger partial charge in [0.2, 0.25) is 0 Å². The van der Waals surface area contributed by atoms with Crippen LogP contribution in [0.15, 0.2) is 6.20 Å². The molecule has 1 N–H and O–H groups in total. The summed E-state index contributed by atoms with van der Waals surface area (Å²) in [5.41, 5.74) is 2.00. The van der Waals surface area contributed by atoms with E-state index in [0.717, 1.165) is 43.1 Å². The van der Waals surface area contributed by atoms with Gasteiger partial charge in [0.15, 0.2) is 0 Å². The topological polar surface area (TPSA) is 49.2 Å². The molecule has 1 unspecified atom stereocenters. The van der Waals surface area contributed by atoms with Crippen LogP contribution in [-0.2, 0) is 0 Å². The lowest BCUT2D eigenvalue weighted by Gasteiger charge is -2.17. The number of hydrogen-bond donors (Lipinski definition) is 1. The van der Waals surface area contributed by atoms with Crippen LogP contribution in [0.2, 0.25) is 0 Å². The molecule has 1 aliphatic heterocycles.